The van der Waals surface area contributed by atoms with Crippen LogP contribution in [0.4, 0.5) is 5.95 Å². The molecule has 3 heterocycles. The van der Waals surface area contributed by atoms with E-state index in [9.17, 15) is 0 Å². The predicted octanol–water partition coefficient (Wildman–Crippen LogP) is 5.08. The van der Waals surface area contributed by atoms with E-state index in [0.29, 0.717) is 0 Å². The third-order valence-electron chi connectivity index (χ3n) is 5.18. The first-order valence-corrected chi connectivity index (χ1v) is 10.1. The molecule has 4 aromatic rings. The van der Waals surface area contributed by atoms with Crippen LogP contribution in [0.5, 0.6) is 0 Å². The molecule has 27 heavy (non-hydrogen) atoms. The number of hydrogen-bond donors (Lipinski definition) is 0. The molecule has 134 valence electrons. The third kappa shape index (κ3) is 3.04. The summed E-state index contributed by atoms with van der Waals surface area (Å²) in [6.07, 6.45) is 2.66. The van der Waals surface area contributed by atoms with Crippen molar-refractivity contribution in [2.45, 2.75) is 25.0 Å². The second-order valence-corrected chi connectivity index (χ2v) is 7.79. The van der Waals surface area contributed by atoms with E-state index in [-0.39, 0.29) is 12.1 Å². The lowest BCUT2D eigenvalue weighted by molar-refractivity contribution is 0.383. The predicted molar refractivity (Wildman–Crippen MR) is 109 cm³/mol. The zero-order valence-electron chi connectivity index (χ0n) is 14.8. The maximum Gasteiger partial charge on any atom is 0.225 e. The summed E-state index contributed by atoms with van der Waals surface area (Å²) in [4.78, 5) is 8.43. The van der Waals surface area contributed by atoms with E-state index < -0.39 is 0 Å². The fourth-order valence-electron chi connectivity index (χ4n) is 3.91. The van der Waals surface area contributed by atoms with Gasteiger partial charge in [0.15, 0.2) is 0 Å². The minimum absolute atomic E-state index is 0.197. The van der Waals surface area contributed by atoms with Crippen LogP contribution in [0.2, 0.25) is 0 Å². The topological polar surface area (TPSA) is 34.0 Å². The average molecular weight is 372 g/mol. The van der Waals surface area contributed by atoms with Gasteiger partial charge in [0, 0.05) is 11.4 Å². The van der Waals surface area contributed by atoms with Crippen molar-refractivity contribution in [3.8, 4) is 0 Å². The minimum Gasteiger partial charge on any atom is -0.329 e. The molecule has 1 aliphatic rings. The Morgan fingerprint density at radius 1 is 0.889 bits per heavy atom. The number of nitrogens with zero attached hydrogens (tertiary/aromatic N) is 4. The fraction of sp³-hybridized carbons (Fsp3) is 0.182. The summed E-state index contributed by atoms with van der Waals surface area (Å²) in [5.74, 6) is 0.942. The van der Waals surface area contributed by atoms with E-state index in [2.05, 4.69) is 97.8 Å². The second kappa shape index (κ2) is 7.00. The molecule has 0 N–H and O–H groups in total. The van der Waals surface area contributed by atoms with Crippen molar-refractivity contribution in [1.82, 2.24) is 14.8 Å². The van der Waals surface area contributed by atoms with Crippen LogP contribution in [0, 0.1) is 0 Å². The summed E-state index contributed by atoms with van der Waals surface area (Å²) in [5, 5.41) is 6.75. The van der Waals surface area contributed by atoms with Gasteiger partial charge in [-0.25, -0.2) is 4.68 Å². The van der Waals surface area contributed by atoms with Crippen LogP contribution < -0.4 is 4.90 Å². The van der Waals surface area contributed by atoms with Gasteiger partial charge in [0.05, 0.1) is 12.1 Å². The Balaban J connectivity index is 1.59. The number of anilines is 1. The first-order chi connectivity index (χ1) is 13.4. The molecule has 0 bridgehead atoms. The summed E-state index contributed by atoms with van der Waals surface area (Å²) >= 11 is 1.82. The van der Waals surface area contributed by atoms with Gasteiger partial charge in [-0.1, -0.05) is 66.7 Å². The standard InChI is InChI=1S/C22H20N4S/c1-3-8-17(9-4-1)15-25-20(21-12-7-13-27-21)14-19(18-10-5-2-6-11-18)26-22(25)23-16-24-26/h1-13,16,19-20H,14-15H2/t19-,20+/m1/s1. The molecule has 0 unspecified atom stereocenters. The van der Waals surface area contributed by atoms with E-state index in [1.54, 1.807) is 6.33 Å². The van der Waals surface area contributed by atoms with Crippen molar-refractivity contribution in [2.75, 3.05) is 4.90 Å². The molecular formula is C22H20N4S. The molecule has 5 heteroatoms. The second-order valence-electron chi connectivity index (χ2n) is 6.81. The molecule has 0 radical (unpaired) electrons. The smallest absolute Gasteiger partial charge is 0.225 e. The van der Waals surface area contributed by atoms with Crippen molar-refractivity contribution in [3.05, 3.63) is 101 Å². The van der Waals surface area contributed by atoms with Gasteiger partial charge >= 0.3 is 0 Å². The molecule has 2 aromatic heterocycles. The largest absolute Gasteiger partial charge is 0.329 e. The van der Waals surface area contributed by atoms with Gasteiger partial charge in [-0.15, -0.1) is 11.3 Å². The Morgan fingerprint density at radius 2 is 1.67 bits per heavy atom. The summed E-state index contributed by atoms with van der Waals surface area (Å²) in [6.45, 7) is 0.823. The highest BCUT2D eigenvalue weighted by molar-refractivity contribution is 7.10. The molecular weight excluding hydrogens is 352 g/mol. The van der Waals surface area contributed by atoms with Crippen LogP contribution in [0.25, 0.3) is 0 Å². The van der Waals surface area contributed by atoms with Crippen molar-refractivity contribution in [2.24, 2.45) is 0 Å². The number of thiophene rings is 1. The molecule has 2 aromatic carbocycles. The molecule has 0 aliphatic carbocycles. The van der Waals surface area contributed by atoms with Gasteiger partial charge in [-0.05, 0) is 29.0 Å². The summed E-state index contributed by atoms with van der Waals surface area (Å²) < 4.78 is 2.09. The number of aromatic nitrogens is 3. The van der Waals surface area contributed by atoms with Crippen LogP contribution >= 0.6 is 11.3 Å². The van der Waals surface area contributed by atoms with Gasteiger partial charge in [-0.2, -0.15) is 10.1 Å². The van der Waals surface area contributed by atoms with E-state index in [4.69, 9.17) is 0 Å². The summed E-state index contributed by atoms with van der Waals surface area (Å²) in [6, 6.07) is 26.1. The molecule has 0 amide bonds. The number of fused-ring (bicyclic) bond motifs is 1. The zero-order valence-corrected chi connectivity index (χ0v) is 15.7. The Kier molecular flexibility index (Phi) is 4.22. The third-order valence-corrected chi connectivity index (χ3v) is 6.15. The van der Waals surface area contributed by atoms with Crippen molar-refractivity contribution in [1.29, 1.82) is 0 Å². The lowest BCUT2D eigenvalue weighted by Crippen LogP contribution is -2.38. The SMILES string of the molecule is c1ccc(CN2c3ncnn3[C@@H](c3ccccc3)C[C@H]2c2cccs2)cc1. The van der Waals surface area contributed by atoms with Gasteiger partial charge in [0.2, 0.25) is 5.95 Å². The molecule has 1 aliphatic heterocycles. The Labute approximate surface area is 162 Å². The van der Waals surface area contributed by atoms with Gasteiger partial charge < -0.3 is 4.90 Å². The molecule has 4 nitrogen and oxygen atoms in total. The van der Waals surface area contributed by atoms with Gasteiger partial charge in [0.1, 0.15) is 6.33 Å². The maximum absolute atomic E-state index is 4.65. The van der Waals surface area contributed by atoms with Crippen molar-refractivity contribution in [3.63, 3.8) is 0 Å². The van der Waals surface area contributed by atoms with Crippen LogP contribution in [0.1, 0.15) is 34.5 Å². The van der Waals surface area contributed by atoms with Crippen LogP contribution in [-0.4, -0.2) is 14.8 Å². The fourth-order valence-corrected chi connectivity index (χ4v) is 4.76. The number of hydrogen-bond acceptors (Lipinski definition) is 4. The highest BCUT2D eigenvalue weighted by Gasteiger charge is 2.36. The zero-order chi connectivity index (χ0) is 18.1. The van der Waals surface area contributed by atoms with Gasteiger partial charge in [-0.3, -0.25) is 0 Å². The van der Waals surface area contributed by atoms with Gasteiger partial charge in [0.25, 0.3) is 0 Å². The molecule has 0 fully saturated rings. The average Bonchev–Trinajstić information content (AvgIpc) is 3.42. The monoisotopic (exact) mass is 372 g/mol. The van der Waals surface area contributed by atoms with Crippen molar-refractivity contribution >= 4 is 17.3 Å². The Bertz CT molecular complexity index is 995. The molecule has 0 saturated carbocycles. The molecule has 5 rings (SSSR count). The Morgan fingerprint density at radius 3 is 2.41 bits per heavy atom. The number of rotatable bonds is 4. The first-order valence-electron chi connectivity index (χ1n) is 9.18. The molecule has 2 atom stereocenters. The van der Waals surface area contributed by atoms with Crippen molar-refractivity contribution < 1.29 is 0 Å². The quantitative estimate of drug-likeness (QED) is 0.501. The van der Waals surface area contributed by atoms with E-state index in [0.717, 1.165) is 18.9 Å². The summed E-state index contributed by atoms with van der Waals surface area (Å²) in [7, 11) is 0. The Hall–Kier alpha value is -2.92. The van der Waals surface area contributed by atoms with Crippen LogP contribution in [-0.2, 0) is 6.54 Å². The summed E-state index contributed by atoms with van der Waals surface area (Å²) in [5.41, 5.74) is 2.57. The van der Waals surface area contributed by atoms with Crippen LogP contribution in [0.3, 0.4) is 0 Å². The van der Waals surface area contributed by atoms with E-state index in [1.165, 1.54) is 16.0 Å². The first kappa shape index (κ1) is 16.3. The molecule has 0 spiro atoms. The minimum atomic E-state index is 0.197. The lowest BCUT2D eigenvalue weighted by Gasteiger charge is -2.40. The normalized spacial score (nSPS) is 19.0. The van der Waals surface area contributed by atoms with E-state index in [1.807, 2.05) is 11.3 Å². The number of benzene rings is 2. The van der Waals surface area contributed by atoms with Crippen LogP contribution in [0.15, 0.2) is 84.5 Å². The maximum atomic E-state index is 4.65. The highest BCUT2D eigenvalue weighted by atomic mass is 32.1. The highest BCUT2D eigenvalue weighted by Crippen LogP contribution is 2.43. The van der Waals surface area contributed by atoms with E-state index >= 15 is 0 Å². The molecule has 0 saturated heterocycles. The lowest BCUT2D eigenvalue weighted by atomic mass is 9.95.